The molecule has 0 aliphatic rings. The number of pyridine rings is 2. The zero-order valence-corrected chi connectivity index (χ0v) is 13.6. The van der Waals surface area contributed by atoms with Gasteiger partial charge in [0, 0.05) is 24.5 Å². The van der Waals surface area contributed by atoms with Crippen molar-refractivity contribution in [2.45, 2.75) is 26.9 Å². The maximum absolute atomic E-state index is 5.53. The van der Waals surface area contributed by atoms with Crippen LogP contribution in [0.1, 0.15) is 25.1 Å². The van der Waals surface area contributed by atoms with E-state index in [-0.39, 0.29) is 0 Å². The van der Waals surface area contributed by atoms with Gasteiger partial charge in [-0.15, -0.1) is 0 Å². The van der Waals surface area contributed by atoms with E-state index < -0.39 is 0 Å². The summed E-state index contributed by atoms with van der Waals surface area (Å²) in [5.41, 5.74) is 1.93. The first-order valence-corrected chi connectivity index (χ1v) is 7.82. The molecule has 0 fully saturated rings. The maximum atomic E-state index is 5.53. The van der Waals surface area contributed by atoms with Crippen LogP contribution in [0.5, 0.6) is 5.88 Å². The Bertz CT molecular complexity index is 615. The molecule has 0 aliphatic heterocycles. The first-order valence-electron chi connectivity index (χ1n) is 7.82. The molecule has 23 heavy (non-hydrogen) atoms. The van der Waals surface area contributed by atoms with Crippen molar-refractivity contribution in [1.82, 2.24) is 20.6 Å². The van der Waals surface area contributed by atoms with Crippen LogP contribution in [0.4, 0.5) is 0 Å². The SMILES string of the molecule is CCNC(=NCc1cccnc1OCC)NCc1ccccn1. The van der Waals surface area contributed by atoms with Gasteiger partial charge in [-0.3, -0.25) is 4.98 Å². The average Bonchev–Trinajstić information content (AvgIpc) is 2.60. The molecule has 2 rings (SSSR count). The molecule has 0 saturated heterocycles. The average molecular weight is 313 g/mol. The second-order valence-electron chi connectivity index (χ2n) is 4.77. The summed E-state index contributed by atoms with van der Waals surface area (Å²) in [6.45, 7) is 6.48. The number of hydrogen-bond acceptors (Lipinski definition) is 4. The molecular weight excluding hydrogens is 290 g/mol. The van der Waals surface area contributed by atoms with Crippen LogP contribution in [-0.4, -0.2) is 29.1 Å². The highest BCUT2D eigenvalue weighted by atomic mass is 16.5. The van der Waals surface area contributed by atoms with Gasteiger partial charge in [0.15, 0.2) is 5.96 Å². The van der Waals surface area contributed by atoms with E-state index in [1.54, 1.807) is 12.4 Å². The van der Waals surface area contributed by atoms with Gasteiger partial charge in [-0.1, -0.05) is 12.1 Å². The number of aromatic nitrogens is 2. The lowest BCUT2D eigenvalue weighted by Crippen LogP contribution is -2.37. The molecule has 6 heteroatoms. The Morgan fingerprint density at radius 2 is 1.96 bits per heavy atom. The van der Waals surface area contributed by atoms with Gasteiger partial charge in [0.1, 0.15) is 0 Å². The quantitative estimate of drug-likeness (QED) is 0.605. The molecule has 0 saturated carbocycles. The van der Waals surface area contributed by atoms with Crippen LogP contribution in [0.2, 0.25) is 0 Å². The van der Waals surface area contributed by atoms with Gasteiger partial charge in [0.2, 0.25) is 5.88 Å². The van der Waals surface area contributed by atoms with Gasteiger partial charge in [-0.2, -0.15) is 0 Å². The van der Waals surface area contributed by atoms with E-state index in [2.05, 4.69) is 25.6 Å². The topological polar surface area (TPSA) is 71.4 Å². The Balaban J connectivity index is 2.01. The third kappa shape index (κ3) is 5.58. The number of guanidine groups is 1. The van der Waals surface area contributed by atoms with Crippen LogP contribution in [0.3, 0.4) is 0 Å². The number of ether oxygens (including phenoxy) is 1. The zero-order chi connectivity index (χ0) is 16.3. The monoisotopic (exact) mass is 313 g/mol. The first-order chi connectivity index (χ1) is 11.3. The normalized spacial score (nSPS) is 11.1. The predicted octanol–water partition coefficient (Wildman–Crippen LogP) is 2.13. The fraction of sp³-hybridized carbons (Fsp3) is 0.353. The lowest BCUT2D eigenvalue weighted by atomic mass is 10.3. The lowest BCUT2D eigenvalue weighted by Gasteiger charge is -2.12. The minimum absolute atomic E-state index is 0.501. The molecule has 0 unspecified atom stereocenters. The molecule has 0 aliphatic carbocycles. The Kier molecular flexibility index (Phi) is 6.84. The van der Waals surface area contributed by atoms with Gasteiger partial charge in [-0.05, 0) is 32.0 Å². The van der Waals surface area contributed by atoms with Crippen molar-refractivity contribution in [3.63, 3.8) is 0 Å². The highest BCUT2D eigenvalue weighted by Crippen LogP contribution is 2.15. The molecule has 0 bridgehead atoms. The van der Waals surface area contributed by atoms with Gasteiger partial charge >= 0.3 is 0 Å². The molecule has 2 N–H and O–H groups in total. The molecule has 0 aromatic carbocycles. The van der Waals surface area contributed by atoms with Crippen molar-refractivity contribution in [3.8, 4) is 5.88 Å². The number of nitrogens with one attached hydrogen (secondary N) is 2. The zero-order valence-electron chi connectivity index (χ0n) is 13.6. The summed E-state index contributed by atoms with van der Waals surface area (Å²) in [7, 11) is 0. The van der Waals surface area contributed by atoms with E-state index in [0.29, 0.717) is 25.6 Å². The van der Waals surface area contributed by atoms with E-state index in [1.807, 2.05) is 44.2 Å². The van der Waals surface area contributed by atoms with E-state index in [4.69, 9.17) is 4.74 Å². The van der Waals surface area contributed by atoms with Crippen LogP contribution in [0, 0.1) is 0 Å². The molecule has 122 valence electrons. The minimum atomic E-state index is 0.501. The van der Waals surface area contributed by atoms with Crippen molar-refractivity contribution >= 4 is 5.96 Å². The molecule has 2 aromatic heterocycles. The summed E-state index contributed by atoms with van der Waals surface area (Å²) in [6.07, 6.45) is 3.51. The van der Waals surface area contributed by atoms with Crippen molar-refractivity contribution in [1.29, 1.82) is 0 Å². The number of rotatable bonds is 7. The number of aliphatic imine (C=N–C) groups is 1. The van der Waals surface area contributed by atoms with Gasteiger partial charge in [0.25, 0.3) is 0 Å². The standard InChI is InChI=1S/C17H23N5O/c1-3-18-17(22-13-15-9-5-6-10-19-15)21-12-14-8-7-11-20-16(14)23-4-2/h5-11H,3-4,12-13H2,1-2H3,(H2,18,21,22). The number of nitrogens with zero attached hydrogens (tertiary/aromatic N) is 3. The third-order valence-electron chi connectivity index (χ3n) is 3.05. The second kappa shape index (κ2) is 9.40. The summed E-state index contributed by atoms with van der Waals surface area (Å²) in [5.74, 6) is 1.38. The minimum Gasteiger partial charge on any atom is -0.478 e. The highest BCUT2D eigenvalue weighted by molar-refractivity contribution is 5.79. The lowest BCUT2D eigenvalue weighted by molar-refractivity contribution is 0.323. The molecule has 0 radical (unpaired) electrons. The summed E-state index contributed by atoms with van der Waals surface area (Å²) in [4.78, 5) is 13.1. The maximum Gasteiger partial charge on any atom is 0.218 e. The van der Waals surface area contributed by atoms with Gasteiger partial charge in [0.05, 0.1) is 25.4 Å². The number of hydrogen-bond donors (Lipinski definition) is 2. The van der Waals surface area contributed by atoms with E-state index >= 15 is 0 Å². The third-order valence-corrected chi connectivity index (χ3v) is 3.05. The largest absolute Gasteiger partial charge is 0.478 e. The summed E-state index contributed by atoms with van der Waals surface area (Å²) in [5, 5.41) is 6.50. The summed E-state index contributed by atoms with van der Waals surface area (Å²) < 4.78 is 5.53. The van der Waals surface area contributed by atoms with Crippen LogP contribution in [-0.2, 0) is 13.1 Å². The second-order valence-corrected chi connectivity index (χ2v) is 4.77. The smallest absolute Gasteiger partial charge is 0.218 e. The summed E-state index contributed by atoms with van der Waals surface area (Å²) in [6, 6.07) is 9.72. The molecule has 0 amide bonds. The van der Waals surface area contributed by atoms with Gasteiger partial charge < -0.3 is 15.4 Å². The van der Waals surface area contributed by atoms with Crippen molar-refractivity contribution in [2.24, 2.45) is 4.99 Å². The van der Waals surface area contributed by atoms with Gasteiger partial charge in [-0.25, -0.2) is 9.98 Å². The molecule has 6 nitrogen and oxygen atoms in total. The molecule has 0 atom stereocenters. The van der Waals surface area contributed by atoms with Crippen molar-refractivity contribution in [2.75, 3.05) is 13.2 Å². The van der Waals surface area contributed by atoms with E-state index in [0.717, 1.165) is 23.8 Å². The first kappa shape index (κ1) is 16.7. The fourth-order valence-corrected chi connectivity index (χ4v) is 1.99. The van der Waals surface area contributed by atoms with E-state index in [9.17, 15) is 0 Å². The van der Waals surface area contributed by atoms with Crippen LogP contribution in [0.25, 0.3) is 0 Å². The van der Waals surface area contributed by atoms with Crippen molar-refractivity contribution < 1.29 is 4.74 Å². The van der Waals surface area contributed by atoms with Crippen LogP contribution in [0.15, 0.2) is 47.7 Å². The molecule has 2 heterocycles. The Labute approximate surface area is 137 Å². The molecule has 0 spiro atoms. The fourth-order valence-electron chi connectivity index (χ4n) is 1.99. The summed E-state index contributed by atoms with van der Waals surface area (Å²) >= 11 is 0. The Morgan fingerprint density at radius 1 is 1.09 bits per heavy atom. The van der Waals surface area contributed by atoms with Crippen molar-refractivity contribution in [3.05, 3.63) is 54.0 Å². The van der Waals surface area contributed by atoms with Crippen LogP contribution >= 0.6 is 0 Å². The Morgan fingerprint density at radius 3 is 2.70 bits per heavy atom. The Hall–Kier alpha value is -2.63. The predicted molar refractivity (Wildman–Crippen MR) is 91.3 cm³/mol. The van der Waals surface area contributed by atoms with Crippen LogP contribution < -0.4 is 15.4 Å². The molecular formula is C17H23N5O. The van der Waals surface area contributed by atoms with E-state index in [1.165, 1.54) is 0 Å². The molecule has 2 aromatic rings. The highest BCUT2D eigenvalue weighted by Gasteiger charge is 2.04.